The largest absolute Gasteiger partial charge is 0.449 e. The molecule has 2 rings (SSSR count). The van der Waals surface area contributed by atoms with E-state index in [1.807, 2.05) is 6.07 Å². The van der Waals surface area contributed by atoms with Gasteiger partial charge in [0.1, 0.15) is 0 Å². The summed E-state index contributed by atoms with van der Waals surface area (Å²) in [6, 6.07) is 5.14. The van der Waals surface area contributed by atoms with Crippen molar-refractivity contribution in [3.63, 3.8) is 0 Å². The molecule has 1 aromatic rings. The van der Waals surface area contributed by atoms with Crippen LogP contribution in [0.1, 0.15) is 23.1 Å². The zero-order valence-electron chi connectivity index (χ0n) is 7.11. The standard InChI is InChI=1S/C10H12N.Rh/c1-7-9-4-2-3-8(9)5-6-10(7)11;/h6H,2-4,11H2,1H3;/q-1;. The first-order chi connectivity index (χ1) is 5.29. The monoisotopic (exact) mass is 249 g/mol. The Morgan fingerprint density at radius 3 is 2.92 bits per heavy atom. The number of rotatable bonds is 0. The minimum absolute atomic E-state index is 0. The molecule has 12 heavy (non-hydrogen) atoms. The van der Waals surface area contributed by atoms with Gasteiger partial charge in [-0.1, -0.05) is 31.9 Å². The summed E-state index contributed by atoms with van der Waals surface area (Å²) in [4.78, 5) is 0. The third kappa shape index (κ3) is 1.41. The third-order valence-corrected chi connectivity index (χ3v) is 2.51. The normalized spacial score (nSPS) is 13.8. The quantitative estimate of drug-likeness (QED) is 0.424. The topological polar surface area (TPSA) is 26.0 Å². The average molecular weight is 249 g/mol. The van der Waals surface area contributed by atoms with E-state index in [1.165, 1.54) is 36.0 Å². The van der Waals surface area contributed by atoms with Crippen molar-refractivity contribution in [3.8, 4) is 0 Å². The molecule has 1 aliphatic carbocycles. The van der Waals surface area contributed by atoms with Crippen LogP contribution in [-0.4, -0.2) is 0 Å². The molecular weight excluding hydrogens is 237 g/mol. The molecule has 2 N–H and O–H groups in total. The van der Waals surface area contributed by atoms with Crippen LogP contribution in [0.25, 0.3) is 0 Å². The van der Waals surface area contributed by atoms with Gasteiger partial charge in [0.2, 0.25) is 0 Å². The summed E-state index contributed by atoms with van der Waals surface area (Å²) >= 11 is 0. The Hall–Kier alpha value is -0.357. The molecule has 0 fully saturated rings. The number of hydrogen-bond donors (Lipinski definition) is 1. The molecule has 0 atom stereocenters. The van der Waals surface area contributed by atoms with Gasteiger partial charge in [0, 0.05) is 19.5 Å². The number of nitrogen functional groups attached to an aromatic ring is 1. The Morgan fingerprint density at radius 1 is 1.42 bits per heavy atom. The molecule has 1 radical (unpaired) electrons. The minimum Gasteiger partial charge on any atom is -0.449 e. The molecule has 0 amide bonds. The first kappa shape index (κ1) is 9.73. The van der Waals surface area contributed by atoms with E-state index in [9.17, 15) is 0 Å². The molecule has 0 saturated heterocycles. The van der Waals surface area contributed by atoms with E-state index < -0.39 is 0 Å². The van der Waals surface area contributed by atoms with Gasteiger partial charge in [0.05, 0.1) is 0 Å². The molecule has 2 heteroatoms. The molecular formula is C10H12NRh-. The van der Waals surface area contributed by atoms with Crippen LogP contribution in [0.3, 0.4) is 0 Å². The van der Waals surface area contributed by atoms with E-state index in [0.717, 1.165) is 5.69 Å². The van der Waals surface area contributed by atoms with E-state index in [4.69, 9.17) is 5.73 Å². The third-order valence-electron chi connectivity index (χ3n) is 2.51. The van der Waals surface area contributed by atoms with Gasteiger partial charge in [-0.25, -0.2) is 0 Å². The second-order valence-electron chi connectivity index (χ2n) is 3.18. The molecule has 0 unspecified atom stereocenters. The van der Waals surface area contributed by atoms with Crippen LogP contribution in [0.15, 0.2) is 6.07 Å². The van der Waals surface area contributed by atoms with Crippen LogP contribution < -0.4 is 5.73 Å². The maximum Gasteiger partial charge on any atom is 0 e. The summed E-state index contributed by atoms with van der Waals surface area (Å²) in [5.41, 5.74) is 10.8. The van der Waals surface area contributed by atoms with Gasteiger partial charge in [-0.15, -0.1) is 11.1 Å². The second kappa shape index (κ2) is 3.57. The van der Waals surface area contributed by atoms with Crippen molar-refractivity contribution in [2.24, 2.45) is 0 Å². The van der Waals surface area contributed by atoms with Crippen LogP contribution in [-0.2, 0) is 32.3 Å². The minimum atomic E-state index is 0. The average Bonchev–Trinajstić information content (AvgIpc) is 2.45. The summed E-state index contributed by atoms with van der Waals surface area (Å²) in [5.74, 6) is 0. The molecule has 0 heterocycles. The Balaban J connectivity index is 0.000000720. The Bertz CT molecular complexity index is 294. The summed E-state index contributed by atoms with van der Waals surface area (Å²) in [6.07, 6.45) is 3.66. The maximum absolute atomic E-state index is 5.76. The van der Waals surface area contributed by atoms with Crippen molar-refractivity contribution in [3.05, 3.63) is 28.8 Å². The molecule has 0 bridgehead atoms. The van der Waals surface area contributed by atoms with Crippen molar-refractivity contribution >= 4 is 5.69 Å². The van der Waals surface area contributed by atoms with Crippen LogP contribution >= 0.6 is 0 Å². The number of fused-ring (bicyclic) bond motifs is 1. The van der Waals surface area contributed by atoms with Gasteiger partial charge in [-0.3, -0.25) is 0 Å². The number of benzene rings is 1. The molecule has 1 aliphatic rings. The smallest absolute Gasteiger partial charge is 0 e. The van der Waals surface area contributed by atoms with Crippen LogP contribution in [0.4, 0.5) is 5.69 Å². The second-order valence-corrected chi connectivity index (χ2v) is 3.18. The van der Waals surface area contributed by atoms with Crippen molar-refractivity contribution in [2.75, 3.05) is 5.73 Å². The van der Waals surface area contributed by atoms with Crippen LogP contribution in [0.5, 0.6) is 0 Å². The van der Waals surface area contributed by atoms with E-state index in [2.05, 4.69) is 13.0 Å². The summed E-state index contributed by atoms with van der Waals surface area (Å²) in [6.45, 7) is 2.10. The summed E-state index contributed by atoms with van der Waals surface area (Å²) < 4.78 is 0. The Kier molecular flexibility index (Phi) is 2.90. The summed E-state index contributed by atoms with van der Waals surface area (Å²) in [7, 11) is 0. The van der Waals surface area contributed by atoms with Gasteiger partial charge in [-0.05, 0) is 0 Å². The number of hydrogen-bond acceptors (Lipinski definition) is 1. The number of anilines is 1. The van der Waals surface area contributed by atoms with E-state index in [-0.39, 0.29) is 19.5 Å². The summed E-state index contributed by atoms with van der Waals surface area (Å²) in [5, 5.41) is 0. The van der Waals surface area contributed by atoms with Crippen LogP contribution in [0.2, 0.25) is 0 Å². The predicted molar refractivity (Wildman–Crippen MR) is 46.5 cm³/mol. The zero-order valence-corrected chi connectivity index (χ0v) is 8.75. The van der Waals surface area contributed by atoms with Crippen molar-refractivity contribution in [1.29, 1.82) is 0 Å². The zero-order chi connectivity index (χ0) is 7.84. The molecule has 0 saturated carbocycles. The molecule has 0 spiro atoms. The Labute approximate surface area is 86.1 Å². The fourth-order valence-corrected chi connectivity index (χ4v) is 1.76. The van der Waals surface area contributed by atoms with E-state index >= 15 is 0 Å². The number of aryl methyl sites for hydroxylation is 1. The van der Waals surface area contributed by atoms with Gasteiger partial charge < -0.3 is 5.73 Å². The van der Waals surface area contributed by atoms with E-state index in [0.29, 0.717) is 0 Å². The Morgan fingerprint density at radius 2 is 2.17 bits per heavy atom. The van der Waals surface area contributed by atoms with Gasteiger partial charge in [0.25, 0.3) is 0 Å². The number of nitrogens with two attached hydrogens (primary N) is 1. The van der Waals surface area contributed by atoms with Crippen molar-refractivity contribution < 1.29 is 19.5 Å². The van der Waals surface area contributed by atoms with E-state index in [1.54, 1.807) is 0 Å². The van der Waals surface area contributed by atoms with Crippen molar-refractivity contribution in [2.45, 2.75) is 26.2 Å². The van der Waals surface area contributed by atoms with Gasteiger partial charge in [0.15, 0.2) is 0 Å². The van der Waals surface area contributed by atoms with Crippen LogP contribution in [0, 0.1) is 13.0 Å². The SMILES string of the molecule is Cc1c(N)c[c-]c2c1CCC2.[Rh]. The molecule has 0 aliphatic heterocycles. The molecule has 67 valence electrons. The first-order valence-corrected chi connectivity index (χ1v) is 4.07. The van der Waals surface area contributed by atoms with Gasteiger partial charge >= 0.3 is 0 Å². The maximum atomic E-state index is 5.76. The molecule has 1 nitrogen and oxygen atoms in total. The fourth-order valence-electron chi connectivity index (χ4n) is 1.76. The van der Waals surface area contributed by atoms with Gasteiger partial charge in [-0.2, -0.15) is 17.7 Å². The fraction of sp³-hybridized carbons (Fsp3) is 0.400. The first-order valence-electron chi connectivity index (χ1n) is 4.07. The molecule has 1 aromatic carbocycles. The molecule has 0 aromatic heterocycles. The predicted octanol–water partition coefficient (Wildman–Crippen LogP) is 1.86. The van der Waals surface area contributed by atoms with Crippen molar-refractivity contribution in [1.82, 2.24) is 0 Å².